The molecule has 2 atom stereocenters. The van der Waals surface area contributed by atoms with Crippen molar-refractivity contribution < 1.29 is 5.11 Å². The number of benzene rings is 1. The van der Waals surface area contributed by atoms with E-state index in [0.717, 1.165) is 5.57 Å². The van der Waals surface area contributed by atoms with Crippen LogP contribution in [-0.4, -0.2) is 15.5 Å². The largest absolute Gasteiger partial charge is 0.494 e. The van der Waals surface area contributed by atoms with Crippen LogP contribution in [-0.2, 0) is 0 Å². The molecule has 20 heavy (non-hydrogen) atoms. The summed E-state index contributed by atoms with van der Waals surface area (Å²) < 4.78 is 0. The summed E-state index contributed by atoms with van der Waals surface area (Å²) in [4.78, 5) is 2.14. The Hall–Kier alpha value is -1.96. The van der Waals surface area contributed by atoms with Crippen LogP contribution in [0.25, 0.3) is 0 Å². The molecule has 0 saturated carbocycles. The predicted octanol–water partition coefficient (Wildman–Crippen LogP) is 4.35. The fraction of sp³-hybridized carbons (Fsp3) is 0.333. The Bertz CT molecular complexity index is 590. The number of aliphatic hydroxyl groups excluding tert-OH is 1. The molecule has 0 unspecified atom stereocenters. The van der Waals surface area contributed by atoms with Gasteiger partial charge in [0.2, 0.25) is 0 Å². The average molecular weight is 267 g/mol. The average Bonchev–Trinajstić information content (AvgIpc) is 2.74. The summed E-state index contributed by atoms with van der Waals surface area (Å²) in [5, 5.41) is 10.7. The van der Waals surface area contributed by atoms with Gasteiger partial charge in [-0.3, -0.25) is 0 Å². The monoisotopic (exact) mass is 267 g/mol. The van der Waals surface area contributed by atoms with E-state index in [0.29, 0.717) is 5.88 Å². The van der Waals surface area contributed by atoms with Crippen LogP contribution in [0.3, 0.4) is 0 Å². The van der Waals surface area contributed by atoms with E-state index >= 15 is 0 Å². The SMILES string of the molecule is CC(C)(C)N1C(O)=C2C=CC=C[C@H]2[C@@H]1c1ccccc1. The maximum Gasteiger partial charge on any atom is 0.191 e. The quantitative estimate of drug-likeness (QED) is 0.817. The van der Waals surface area contributed by atoms with E-state index in [-0.39, 0.29) is 17.5 Å². The van der Waals surface area contributed by atoms with Gasteiger partial charge in [0.15, 0.2) is 5.88 Å². The summed E-state index contributed by atoms with van der Waals surface area (Å²) in [6, 6.07) is 10.6. The maximum atomic E-state index is 10.7. The molecule has 2 nitrogen and oxygen atoms in total. The number of hydrogen-bond acceptors (Lipinski definition) is 2. The zero-order valence-electron chi connectivity index (χ0n) is 12.2. The van der Waals surface area contributed by atoms with Gasteiger partial charge >= 0.3 is 0 Å². The van der Waals surface area contributed by atoms with Crippen molar-refractivity contribution in [2.45, 2.75) is 32.4 Å². The summed E-state index contributed by atoms with van der Waals surface area (Å²) in [6.45, 7) is 6.43. The zero-order valence-corrected chi connectivity index (χ0v) is 12.2. The molecule has 1 heterocycles. The molecule has 2 aliphatic rings. The molecule has 0 fully saturated rings. The molecule has 0 spiro atoms. The summed E-state index contributed by atoms with van der Waals surface area (Å²) >= 11 is 0. The lowest BCUT2D eigenvalue weighted by molar-refractivity contribution is 0.0731. The molecule has 0 radical (unpaired) electrons. The number of fused-ring (bicyclic) bond motifs is 1. The zero-order chi connectivity index (χ0) is 14.3. The van der Waals surface area contributed by atoms with Gasteiger partial charge in [-0.25, -0.2) is 0 Å². The van der Waals surface area contributed by atoms with Crippen molar-refractivity contribution >= 4 is 0 Å². The van der Waals surface area contributed by atoms with Gasteiger partial charge < -0.3 is 10.0 Å². The lowest BCUT2D eigenvalue weighted by Gasteiger charge is -2.40. The third-order valence-electron chi connectivity index (χ3n) is 4.03. The van der Waals surface area contributed by atoms with Gasteiger partial charge in [-0.05, 0) is 26.3 Å². The fourth-order valence-corrected chi connectivity index (χ4v) is 3.23. The van der Waals surface area contributed by atoms with E-state index in [1.165, 1.54) is 5.56 Å². The molecule has 104 valence electrons. The predicted molar refractivity (Wildman–Crippen MR) is 82.2 cm³/mol. The summed E-state index contributed by atoms with van der Waals surface area (Å²) in [5.41, 5.74) is 2.14. The van der Waals surface area contributed by atoms with Crippen molar-refractivity contribution in [3.63, 3.8) is 0 Å². The Morgan fingerprint density at radius 2 is 1.75 bits per heavy atom. The van der Waals surface area contributed by atoms with Gasteiger partial charge in [-0.2, -0.15) is 0 Å². The van der Waals surface area contributed by atoms with Crippen LogP contribution in [0.2, 0.25) is 0 Å². The fourth-order valence-electron chi connectivity index (χ4n) is 3.23. The molecule has 3 rings (SSSR count). The Balaban J connectivity index is 2.12. The minimum atomic E-state index is -0.128. The van der Waals surface area contributed by atoms with Gasteiger partial charge in [-0.1, -0.05) is 54.6 Å². The normalized spacial score (nSPS) is 25.2. The highest BCUT2D eigenvalue weighted by atomic mass is 16.3. The number of nitrogens with zero attached hydrogens (tertiary/aromatic N) is 1. The molecule has 2 heteroatoms. The molecule has 1 N–H and O–H groups in total. The first-order valence-corrected chi connectivity index (χ1v) is 7.12. The third kappa shape index (κ3) is 1.96. The van der Waals surface area contributed by atoms with Gasteiger partial charge in [0.1, 0.15) is 0 Å². The van der Waals surface area contributed by atoms with E-state index in [1.807, 2.05) is 18.2 Å². The molecule has 0 aromatic heterocycles. The first-order valence-electron chi connectivity index (χ1n) is 7.12. The van der Waals surface area contributed by atoms with Gasteiger partial charge in [0.25, 0.3) is 0 Å². The van der Waals surface area contributed by atoms with Crippen LogP contribution in [0.5, 0.6) is 0 Å². The van der Waals surface area contributed by atoms with Crippen molar-refractivity contribution in [2.75, 3.05) is 0 Å². The van der Waals surface area contributed by atoms with Crippen LogP contribution >= 0.6 is 0 Å². The Morgan fingerprint density at radius 3 is 2.40 bits per heavy atom. The van der Waals surface area contributed by atoms with E-state index in [2.05, 4.69) is 62.1 Å². The molecular formula is C18H21NO. The number of aliphatic hydroxyl groups is 1. The standard InChI is InChI=1S/C18H21NO/c1-18(2,3)19-16(13-9-5-4-6-10-13)14-11-7-8-12-15(14)17(19)20/h4-12,14,16,20H,1-3H3/t14-,16+/m1/s1. The molecule has 1 aliphatic carbocycles. The van der Waals surface area contributed by atoms with Crippen molar-refractivity contribution in [3.8, 4) is 0 Å². The molecule has 0 amide bonds. The first kappa shape index (κ1) is 13.0. The highest BCUT2D eigenvalue weighted by Crippen LogP contribution is 2.48. The number of hydrogen-bond donors (Lipinski definition) is 1. The van der Waals surface area contributed by atoms with Crippen LogP contribution in [0.1, 0.15) is 32.4 Å². The number of rotatable bonds is 1. The van der Waals surface area contributed by atoms with Crippen LogP contribution in [0, 0.1) is 5.92 Å². The Kier molecular flexibility index (Phi) is 2.97. The maximum absolute atomic E-state index is 10.7. The van der Waals surface area contributed by atoms with E-state index in [4.69, 9.17) is 0 Å². The topological polar surface area (TPSA) is 23.5 Å². The Labute approximate surface area is 120 Å². The van der Waals surface area contributed by atoms with Gasteiger partial charge in [0.05, 0.1) is 6.04 Å². The minimum Gasteiger partial charge on any atom is -0.494 e. The van der Waals surface area contributed by atoms with Gasteiger partial charge in [-0.15, -0.1) is 0 Å². The second-order valence-corrected chi connectivity index (χ2v) is 6.45. The van der Waals surface area contributed by atoms with Gasteiger partial charge in [0, 0.05) is 17.0 Å². The van der Waals surface area contributed by atoms with E-state index in [1.54, 1.807) is 0 Å². The van der Waals surface area contributed by atoms with E-state index in [9.17, 15) is 5.11 Å². The van der Waals surface area contributed by atoms with Crippen molar-refractivity contribution in [2.24, 2.45) is 5.92 Å². The molecule has 1 aromatic carbocycles. The molecule has 1 aliphatic heterocycles. The van der Waals surface area contributed by atoms with Crippen molar-refractivity contribution in [1.82, 2.24) is 4.90 Å². The Morgan fingerprint density at radius 1 is 1.05 bits per heavy atom. The minimum absolute atomic E-state index is 0.128. The molecule has 0 saturated heterocycles. The van der Waals surface area contributed by atoms with Crippen molar-refractivity contribution in [1.29, 1.82) is 0 Å². The first-order chi connectivity index (χ1) is 9.50. The van der Waals surface area contributed by atoms with E-state index < -0.39 is 0 Å². The second-order valence-electron chi connectivity index (χ2n) is 6.45. The van der Waals surface area contributed by atoms with Crippen molar-refractivity contribution in [3.05, 3.63) is 71.7 Å². The third-order valence-corrected chi connectivity index (χ3v) is 4.03. The number of allylic oxidation sites excluding steroid dienone is 3. The highest BCUT2D eigenvalue weighted by Gasteiger charge is 2.44. The summed E-state index contributed by atoms with van der Waals surface area (Å²) in [6.07, 6.45) is 8.29. The van der Waals surface area contributed by atoms with Crippen LogP contribution < -0.4 is 0 Å². The lowest BCUT2D eigenvalue weighted by Crippen LogP contribution is -2.41. The smallest absolute Gasteiger partial charge is 0.191 e. The highest BCUT2D eigenvalue weighted by molar-refractivity contribution is 5.43. The molecule has 1 aromatic rings. The molecular weight excluding hydrogens is 246 g/mol. The summed E-state index contributed by atoms with van der Waals surface area (Å²) in [5.74, 6) is 0.638. The van der Waals surface area contributed by atoms with Crippen LogP contribution in [0.4, 0.5) is 0 Å². The second kappa shape index (κ2) is 4.55. The molecule has 0 bridgehead atoms. The van der Waals surface area contributed by atoms with Crippen LogP contribution in [0.15, 0.2) is 66.1 Å². The lowest BCUT2D eigenvalue weighted by atomic mass is 9.86. The summed E-state index contributed by atoms with van der Waals surface area (Å²) in [7, 11) is 0.